The van der Waals surface area contributed by atoms with E-state index < -0.39 is 23.3 Å². The van der Waals surface area contributed by atoms with E-state index in [1.54, 1.807) is 24.3 Å². The van der Waals surface area contributed by atoms with Gasteiger partial charge in [-0.3, -0.25) is 10.1 Å². The molecular weight excluding hydrogens is 312 g/mol. The minimum absolute atomic E-state index is 0.0271. The number of aromatic nitrogens is 1. The van der Waals surface area contributed by atoms with E-state index in [0.717, 1.165) is 11.6 Å². The molecule has 0 saturated heterocycles. The lowest BCUT2D eigenvalue weighted by Crippen LogP contribution is -2.19. The Balaban J connectivity index is 2.08. The fraction of sp³-hybridized carbons (Fsp3) is 0.0714. The Bertz CT molecular complexity index is 758. The number of hydrogen-bond donors (Lipinski definition) is 3. The first-order valence-corrected chi connectivity index (χ1v) is 6.49. The first-order valence-electron chi connectivity index (χ1n) is 6.11. The molecule has 0 radical (unpaired) electrons. The number of aromatic amines is 1. The van der Waals surface area contributed by atoms with Gasteiger partial charge in [0.05, 0.1) is 5.69 Å². The number of halogens is 1. The van der Waals surface area contributed by atoms with Gasteiger partial charge in [-0.2, -0.15) is 0 Å². The zero-order valence-electron chi connectivity index (χ0n) is 11.1. The third-order valence-corrected chi connectivity index (χ3v) is 3.03. The van der Waals surface area contributed by atoms with Gasteiger partial charge in [0.2, 0.25) is 0 Å². The Labute approximate surface area is 129 Å². The summed E-state index contributed by atoms with van der Waals surface area (Å²) in [6.45, 7) is 0.0271. The summed E-state index contributed by atoms with van der Waals surface area (Å²) in [7, 11) is 0. The molecule has 2 aromatic rings. The molecule has 1 heterocycles. The number of ether oxygens (including phenoxy) is 1. The highest BCUT2D eigenvalue weighted by molar-refractivity contribution is 6.33. The standard InChI is InChI=1S/C14H11ClN2O5/c15-11-9(6-10(13(19)20)16-12(11)18)17-14(21)22-7-8-4-2-1-3-5-8/h1-6H,7H2,(H,19,20)(H2,16,17,18,21). The van der Waals surface area contributed by atoms with Crippen molar-refractivity contribution >= 4 is 29.4 Å². The predicted octanol–water partition coefficient (Wildman–Crippen LogP) is 2.48. The highest BCUT2D eigenvalue weighted by atomic mass is 35.5. The second-order valence-corrected chi connectivity index (χ2v) is 4.61. The van der Waals surface area contributed by atoms with Crippen LogP contribution < -0.4 is 10.9 Å². The molecule has 0 unspecified atom stereocenters. The highest BCUT2D eigenvalue weighted by Crippen LogP contribution is 2.18. The van der Waals surface area contributed by atoms with Crippen LogP contribution in [0.5, 0.6) is 0 Å². The van der Waals surface area contributed by atoms with Gasteiger partial charge in [-0.25, -0.2) is 9.59 Å². The summed E-state index contributed by atoms with van der Waals surface area (Å²) in [6.07, 6.45) is -0.854. The number of nitrogens with one attached hydrogen (secondary N) is 2. The Morgan fingerprint density at radius 2 is 1.95 bits per heavy atom. The van der Waals surface area contributed by atoms with E-state index >= 15 is 0 Å². The largest absolute Gasteiger partial charge is 0.477 e. The third kappa shape index (κ3) is 3.86. The van der Waals surface area contributed by atoms with Crippen LogP contribution >= 0.6 is 11.6 Å². The number of anilines is 1. The molecule has 0 atom stereocenters. The molecule has 0 bridgehead atoms. The fourth-order valence-electron chi connectivity index (χ4n) is 1.62. The summed E-state index contributed by atoms with van der Waals surface area (Å²) >= 11 is 5.72. The summed E-state index contributed by atoms with van der Waals surface area (Å²) in [5.74, 6) is -1.35. The smallest absolute Gasteiger partial charge is 0.412 e. The Morgan fingerprint density at radius 3 is 2.59 bits per heavy atom. The molecule has 114 valence electrons. The van der Waals surface area contributed by atoms with Gasteiger partial charge in [-0.15, -0.1) is 0 Å². The molecular formula is C14H11ClN2O5. The van der Waals surface area contributed by atoms with Crippen LogP contribution in [0.1, 0.15) is 16.1 Å². The number of aromatic carboxylic acids is 1. The van der Waals surface area contributed by atoms with Crippen LogP contribution in [-0.2, 0) is 11.3 Å². The minimum Gasteiger partial charge on any atom is -0.477 e. The lowest BCUT2D eigenvalue weighted by molar-refractivity contribution is 0.0690. The molecule has 0 spiro atoms. The lowest BCUT2D eigenvalue weighted by atomic mass is 10.2. The maximum absolute atomic E-state index is 11.7. The van der Waals surface area contributed by atoms with E-state index in [1.165, 1.54) is 0 Å². The first-order chi connectivity index (χ1) is 10.5. The van der Waals surface area contributed by atoms with Gasteiger partial charge in [0.25, 0.3) is 5.56 Å². The number of H-pyrrole nitrogens is 1. The van der Waals surface area contributed by atoms with Crippen LogP contribution in [0.4, 0.5) is 10.5 Å². The first kappa shape index (κ1) is 15.6. The maximum Gasteiger partial charge on any atom is 0.412 e. The summed E-state index contributed by atoms with van der Waals surface area (Å²) in [5, 5.41) is 10.8. The van der Waals surface area contributed by atoms with Gasteiger partial charge in [-0.1, -0.05) is 41.9 Å². The number of pyridine rings is 1. The molecule has 0 aliphatic rings. The van der Waals surface area contributed by atoms with E-state index in [1.807, 2.05) is 6.07 Å². The molecule has 1 amide bonds. The van der Waals surface area contributed by atoms with Crippen molar-refractivity contribution < 1.29 is 19.4 Å². The van der Waals surface area contributed by atoms with E-state index in [2.05, 4.69) is 10.3 Å². The van der Waals surface area contributed by atoms with Crippen LogP contribution in [0.15, 0.2) is 41.2 Å². The topological polar surface area (TPSA) is 108 Å². The van der Waals surface area contributed by atoms with Gasteiger partial charge in [0.1, 0.15) is 17.3 Å². The number of carboxylic acids is 1. The summed E-state index contributed by atoms with van der Waals surface area (Å²) in [4.78, 5) is 36.1. The SMILES string of the molecule is O=C(Nc1cc(C(=O)O)[nH]c(=O)c1Cl)OCc1ccccc1. The molecule has 2 rings (SSSR count). The van der Waals surface area contributed by atoms with E-state index in [0.29, 0.717) is 0 Å². The third-order valence-electron chi connectivity index (χ3n) is 2.65. The zero-order valence-corrected chi connectivity index (χ0v) is 11.9. The second kappa shape index (κ2) is 6.77. The molecule has 8 heteroatoms. The minimum atomic E-state index is -1.35. The molecule has 3 N–H and O–H groups in total. The van der Waals surface area contributed by atoms with Crippen molar-refractivity contribution in [3.05, 3.63) is 63.0 Å². The number of rotatable bonds is 4. The van der Waals surface area contributed by atoms with Gasteiger partial charge < -0.3 is 14.8 Å². The molecule has 0 saturated carbocycles. The Kier molecular flexibility index (Phi) is 4.80. The van der Waals surface area contributed by atoms with Gasteiger partial charge >= 0.3 is 12.1 Å². The van der Waals surface area contributed by atoms with Crippen molar-refractivity contribution in [1.82, 2.24) is 4.98 Å². The van der Waals surface area contributed by atoms with Crippen LogP contribution in [0.25, 0.3) is 0 Å². The van der Waals surface area contributed by atoms with Crippen LogP contribution in [-0.4, -0.2) is 22.2 Å². The number of carbonyl (C=O) groups excluding carboxylic acids is 1. The Hall–Kier alpha value is -2.80. The van der Waals surface area contributed by atoms with Gasteiger partial charge in [0.15, 0.2) is 0 Å². The van der Waals surface area contributed by atoms with E-state index in [4.69, 9.17) is 21.4 Å². The average Bonchev–Trinajstić information content (AvgIpc) is 2.50. The van der Waals surface area contributed by atoms with Crippen molar-refractivity contribution in [3.63, 3.8) is 0 Å². The molecule has 1 aromatic heterocycles. The summed E-state index contributed by atoms with van der Waals surface area (Å²) in [6, 6.07) is 10.0. The normalized spacial score (nSPS) is 10.0. The quantitative estimate of drug-likeness (QED) is 0.801. The van der Waals surface area contributed by atoms with Crippen molar-refractivity contribution in [2.45, 2.75) is 6.61 Å². The number of carboxylic acid groups (broad SMARTS) is 1. The number of carbonyl (C=O) groups is 2. The van der Waals surface area contributed by atoms with Crippen LogP contribution in [0, 0.1) is 0 Å². The molecule has 0 aliphatic carbocycles. The summed E-state index contributed by atoms with van der Waals surface area (Å²) < 4.78 is 4.96. The van der Waals surface area contributed by atoms with Crippen molar-refractivity contribution in [3.8, 4) is 0 Å². The van der Waals surface area contributed by atoms with Gasteiger partial charge in [-0.05, 0) is 11.6 Å². The summed E-state index contributed by atoms with van der Waals surface area (Å²) in [5.41, 5.74) is -0.575. The lowest BCUT2D eigenvalue weighted by Gasteiger charge is -2.08. The predicted molar refractivity (Wildman–Crippen MR) is 79.3 cm³/mol. The van der Waals surface area contributed by atoms with E-state index in [9.17, 15) is 14.4 Å². The highest BCUT2D eigenvalue weighted by Gasteiger charge is 2.14. The van der Waals surface area contributed by atoms with E-state index in [-0.39, 0.29) is 17.3 Å². The number of benzene rings is 1. The fourth-order valence-corrected chi connectivity index (χ4v) is 1.77. The number of hydrogen-bond acceptors (Lipinski definition) is 4. The molecule has 0 aliphatic heterocycles. The Morgan fingerprint density at radius 1 is 1.27 bits per heavy atom. The van der Waals surface area contributed by atoms with Crippen LogP contribution in [0.2, 0.25) is 5.02 Å². The number of amides is 1. The van der Waals surface area contributed by atoms with Crippen molar-refractivity contribution in [2.75, 3.05) is 5.32 Å². The average molecular weight is 323 g/mol. The zero-order chi connectivity index (χ0) is 16.1. The molecule has 7 nitrogen and oxygen atoms in total. The maximum atomic E-state index is 11.7. The molecule has 22 heavy (non-hydrogen) atoms. The van der Waals surface area contributed by atoms with Crippen molar-refractivity contribution in [1.29, 1.82) is 0 Å². The second-order valence-electron chi connectivity index (χ2n) is 4.23. The molecule has 1 aromatic carbocycles. The van der Waals surface area contributed by atoms with Crippen LogP contribution in [0.3, 0.4) is 0 Å². The van der Waals surface area contributed by atoms with Crippen molar-refractivity contribution in [2.24, 2.45) is 0 Å². The molecule has 0 fully saturated rings. The van der Waals surface area contributed by atoms with Gasteiger partial charge in [0, 0.05) is 0 Å². The monoisotopic (exact) mass is 322 g/mol.